The standard InChI is InChI=1S/C21H21N3O3S2/c1-14-7-9-18(10-8-14)29(26,27)24-12-17-6-4-3-5-16(17)11-19(24)20(25)23-21-22-15(2)13-28-21/h3-10,13,19H,11-12H2,1-2H3,(H,22,23,25)/t19-/m0/s1. The summed E-state index contributed by atoms with van der Waals surface area (Å²) in [5.74, 6) is -0.371. The average molecular weight is 428 g/mol. The number of fused-ring (bicyclic) bond motifs is 1. The van der Waals surface area contributed by atoms with Crippen LogP contribution in [0.1, 0.15) is 22.4 Å². The molecule has 0 fully saturated rings. The highest BCUT2D eigenvalue weighted by molar-refractivity contribution is 7.89. The third-order valence-electron chi connectivity index (χ3n) is 4.98. The van der Waals surface area contributed by atoms with Crippen molar-refractivity contribution in [1.29, 1.82) is 0 Å². The molecule has 1 aliphatic rings. The lowest BCUT2D eigenvalue weighted by Gasteiger charge is -2.34. The zero-order chi connectivity index (χ0) is 20.6. The van der Waals surface area contributed by atoms with E-state index in [0.29, 0.717) is 11.6 Å². The molecular formula is C21H21N3O3S2. The van der Waals surface area contributed by atoms with Crippen LogP contribution in [-0.2, 0) is 27.8 Å². The van der Waals surface area contributed by atoms with Crippen LogP contribution in [0.4, 0.5) is 5.13 Å². The number of carbonyl (C=O) groups is 1. The van der Waals surface area contributed by atoms with Gasteiger partial charge >= 0.3 is 0 Å². The van der Waals surface area contributed by atoms with Crippen LogP contribution in [0.15, 0.2) is 58.8 Å². The molecule has 150 valence electrons. The summed E-state index contributed by atoms with van der Waals surface area (Å²) in [4.78, 5) is 17.5. The fourth-order valence-electron chi connectivity index (χ4n) is 3.42. The van der Waals surface area contributed by atoms with Crippen molar-refractivity contribution in [3.8, 4) is 0 Å². The molecule has 0 saturated carbocycles. The second-order valence-corrected chi connectivity index (χ2v) is 9.88. The van der Waals surface area contributed by atoms with Crippen LogP contribution < -0.4 is 5.32 Å². The van der Waals surface area contributed by atoms with Gasteiger partial charge in [-0.05, 0) is 43.5 Å². The summed E-state index contributed by atoms with van der Waals surface area (Å²) >= 11 is 1.32. The fraction of sp³-hybridized carbons (Fsp3) is 0.238. The van der Waals surface area contributed by atoms with Gasteiger partial charge < -0.3 is 5.32 Å². The quantitative estimate of drug-likeness (QED) is 0.691. The number of carbonyl (C=O) groups excluding carboxylic acids is 1. The molecular weight excluding hydrogens is 406 g/mol. The Morgan fingerprint density at radius 2 is 1.79 bits per heavy atom. The Balaban J connectivity index is 1.71. The van der Waals surface area contributed by atoms with Crippen LogP contribution in [0.5, 0.6) is 0 Å². The highest BCUT2D eigenvalue weighted by Crippen LogP contribution is 2.30. The minimum absolute atomic E-state index is 0.154. The van der Waals surface area contributed by atoms with E-state index in [9.17, 15) is 13.2 Å². The lowest BCUT2D eigenvalue weighted by molar-refractivity contribution is -0.120. The number of anilines is 1. The molecule has 1 aromatic heterocycles. The van der Waals surface area contributed by atoms with E-state index in [1.807, 2.05) is 43.5 Å². The predicted octanol–water partition coefficient (Wildman–Crippen LogP) is 3.51. The van der Waals surface area contributed by atoms with Gasteiger partial charge in [0, 0.05) is 11.9 Å². The van der Waals surface area contributed by atoms with Gasteiger partial charge in [-0.15, -0.1) is 11.3 Å². The molecule has 1 atom stereocenters. The van der Waals surface area contributed by atoms with Crippen molar-refractivity contribution in [1.82, 2.24) is 9.29 Å². The van der Waals surface area contributed by atoms with Crippen LogP contribution in [0.2, 0.25) is 0 Å². The zero-order valence-electron chi connectivity index (χ0n) is 16.1. The van der Waals surface area contributed by atoms with Gasteiger partial charge in [-0.2, -0.15) is 4.31 Å². The number of hydrogen-bond acceptors (Lipinski definition) is 5. The van der Waals surface area contributed by atoms with E-state index in [-0.39, 0.29) is 17.3 Å². The second-order valence-electron chi connectivity index (χ2n) is 7.14. The summed E-state index contributed by atoms with van der Waals surface area (Å²) in [5, 5.41) is 5.10. The van der Waals surface area contributed by atoms with Crippen LogP contribution >= 0.6 is 11.3 Å². The molecule has 0 bridgehead atoms. The first kappa shape index (κ1) is 19.8. The lowest BCUT2D eigenvalue weighted by atomic mass is 9.95. The number of nitrogens with one attached hydrogen (secondary N) is 1. The first-order valence-corrected chi connectivity index (χ1v) is 11.5. The van der Waals surface area contributed by atoms with Gasteiger partial charge in [-0.3, -0.25) is 4.79 Å². The maximum atomic E-state index is 13.4. The normalized spacial score (nSPS) is 17.0. The van der Waals surface area contributed by atoms with Crippen molar-refractivity contribution in [3.63, 3.8) is 0 Å². The molecule has 3 aromatic rings. The SMILES string of the molecule is Cc1ccc(S(=O)(=O)N2Cc3ccccc3C[C@H]2C(=O)Nc2nc(C)cs2)cc1. The maximum Gasteiger partial charge on any atom is 0.244 e. The number of nitrogens with zero attached hydrogens (tertiary/aromatic N) is 2. The summed E-state index contributed by atoms with van der Waals surface area (Å²) in [5.41, 5.74) is 3.68. The topological polar surface area (TPSA) is 79.4 Å². The number of rotatable bonds is 4. The summed E-state index contributed by atoms with van der Waals surface area (Å²) < 4.78 is 28.1. The molecule has 4 rings (SSSR count). The van der Waals surface area contributed by atoms with Crippen molar-refractivity contribution in [2.45, 2.75) is 37.8 Å². The van der Waals surface area contributed by atoms with Crippen LogP contribution in [0.3, 0.4) is 0 Å². The number of aryl methyl sites for hydroxylation is 2. The highest BCUT2D eigenvalue weighted by Gasteiger charge is 2.39. The number of thiazole rings is 1. The van der Waals surface area contributed by atoms with Crippen LogP contribution in [0, 0.1) is 13.8 Å². The van der Waals surface area contributed by atoms with E-state index < -0.39 is 16.1 Å². The molecule has 6 nitrogen and oxygen atoms in total. The Morgan fingerprint density at radius 1 is 1.10 bits per heavy atom. The van der Waals surface area contributed by atoms with E-state index in [4.69, 9.17) is 0 Å². The van der Waals surface area contributed by atoms with Crippen molar-refractivity contribution in [2.75, 3.05) is 5.32 Å². The van der Waals surface area contributed by atoms with Gasteiger partial charge in [0.1, 0.15) is 6.04 Å². The van der Waals surface area contributed by atoms with Gasteiger partial charge in [0.2, 0.25) is 15.9 Å². The lowest BCUT2D eigenvalue weighted by Crippen LogP contribution is -2.50. The van der Waals surface area contributed by atoms with Gasteiger partial charge in [-0.1, -0.05) is 42.0 Å². The molecule has 0 aliphatic carbocycles. The summed E-state index contributed by atoms with van der Waals surface area (Å²) in [7, 11) is -3.85. The molecule has 29 heavy (non-hydrogen) atoms. The summed E-state index contributed by atoms with van der Waals surface area (Å²) in [6.45, 7) is 3.90. The fourth-order valence-corrected chi connectivity index (χ4v) is 5.68. The van der Waals surface area contributed by atoms with E-state index in [1.54, 1.807) is 24.3 Å². The van der Waals surface area contributed by atoms with Crippen LogP contribution in [-0.4, -0.2) is 29.7 Å². The molecule has 1 N–H and O–H groups in total. The Hall–Kier alpha value is -2.55. The molecule has 0 saturated heterocycles. The minimum Gasteiger partial charge on any atom is -0.301 e. The highest BCUT2D eigenvalue weighted by atomic mass is 32.2. The van der Waals surface area contributed by atoms with Gasteiger partial charge in [0.05, 0.1) is 10.6 Å². The zero-order valence-corrected chi connectivity index (χ0v) is 17.8. The van der Waals surface area contributed by atoms with Crippen LogP contribution in [0.25, 0.3) is 0 Å². The molecule has 0 spiro atoms. The monoisotopic (exact) mass is 427 g/mol. The summed E-state index contributed by atoms with van der Waals surface area (Å²) in [6.07, 6.45) is 0.317. The maximum absolute atomic E-state index is 13.4. The first-order valence-electron chi connectivity index (χ1n) is 9.23. The predicted molar refractivity (Wildman–Crippen MR) is 113 cm³/mol. The Labute approximate surface area is 174 Å². The molecule has 1 aliphatic heterocycles. The molecule has 2 heterocycles. The number of hydrogen-bond donors (Lipinski definition) is 1. The minimum atomic E-state index is -3.85. The number of aromatic nitrogens is 1. The molecule has 2 aromatic carbocycles. The van der Waals surface area contributed by atoms with Crippen molar-refractivity contribution in [3.05, 3.63) is 76.3 Å². The Morgan fingerprint density at radius 3 is 2.45 bits per heavy atom. The van der Waals surface area contributed by atoms with Crippen molar-refractivity contribution in [2.24, 2.45) is 0 Å². The van der Waals surface area contributed by atoms with Crippen molar-refractivity contribution < 1.29 is 13.2 Å². The van der Waals surface area contributed by atoms with Gasteiger partial charge in [0.15, 0.2) is 5.13 Å². The largest absolute Gasteiger partial charge is 0.301 e. The third kappa shape index (κ3) is 3.96. The van der Waals surface area contributed by atoms with E-state index >= 15 is 0 Å². The first-order chi connectivity index (χ1) is 13.8. The second kappa shape index (κ2) is 7.70. The van der Waals surface area contributed by atoms with Gasteiger partial charge in [-0.25, -0.2) is 13.4 Å². The van der Waals surface area contributed by atoms with Gasteiger partial charge in [0.25, 0.3) is 0 Å². The van der Waals surface area contributed by atoms with Crippen molar-refractivity contribution >= 4 is 32.4 Å². The Kier molecular flexibility index (Phi) is 5.24. The molecule has 1 amide bonds. The Bertz CT molecular complexity index is 1150. The number of amides is 1. The molecule has 0 radical (unpaired) electrons. The van der Waals surface area contributed by atoms with E-state index in [0.717, 1.165) is 22.4 Å². The average Bonchev–Trinajstić information content (AvgIpc) is 3.11. The summed E-state index contributed by atoms with van der Waals surface area (Å²) in [6, 6.07) is 13.5. The van der Waals surface area contributed by atoms with E-state index in [1.165, 1.54) is 15.6 Å². The molecule has 0 unspecified atom stereocenters. The smallest absolute Gasteiger partial charge is 0.244 e. The third-order valence-corrected chi connectivity index (χ3v) is 7.73. The number of benzene rings is 2. The molecule has 8 heteroatoms. The van der Waals surface area contributed by atoms with E-state index in [2.05, 4.69) is 10.3 Å². The number of sulfonamides is 1.